The summed E-state index contributed by atoms with van der Waals surface area (Å²) in [7, 11) is 0. The highest BCUT2D eigenvalue weighted by molar-refractivity contribution is 5.95. The Morgan fingerprint density at radius 1 is 1.26 bits per heavy atom. The lowest BCUT2D eigenvalue weighted by atomic mass is 9.86. The molecule has 0 amide bonds. The van der Waals surface area contributed by atoms with Crippen LogP contribution in [0.15, 0.2) is 30.6 Å². The molecule has 0 bridgehead atoms. The average Bonchev–Trinajstić information content (AvgIpc) is 3.26. The zero-order chi connectivity index (χ0) is 15.6. The lowest BCUT2D eigenvalue weighted by molar-refractivity contribution is 0.0877. The van der Waals surface area contributed by atoms with Crippen LogP contribution in [-0.2, 0) is 0 Å². The van der Waals surface area contributed by atoms with Gasteiger partial charge in [-0.25, -0.2) is 9.50 Å². The largest absolute Gasteiger partial charge is 0.323 e. The molecule has 7 heteroatoms. The maximum atomic E-state index is 12.7. The molecule has 1 fully saturated rings. The number of anilines is 2. The smallest absolute Gasteiger partial charge is 0.218 e. The first-order chi connectivity index (χ1) is 11.3. The third-order valence-corrected chi connectivity index (χ3v) is 4.34. The standard InChI is InChI=1S/C16H18N6O/c23-14(11-5-2-1-3-6-11)16-19-15(18-13-8-9-17-20-13)12-7-4-10-22(12)21-16/h4,7-11H,1-3,5-6H2,(H2,17,18,19,20,21). The third-order valence-electron chi connectivity index (χ3n) is 4.34. The van der Waals surface area contributed by atoms with Crippen LogP contribution >= 0.6 is 0 Å². The van der Waals surface area contributed by atoms with Gasteiger partial charge < -0.3 is 5.32 Å². The second-order valence-corrected chi connectivity index (χ2v) is 5.92. The number of carbonyl (C=O) groups is 1. The SMILES string of the molecule is O=C(c1nc(Nc2ccn[nH]2)c2cccn2n1)C1CCCCC1. The van der Waals surface area contributed by atoms with E-state index in [1.165, 1.54) is 6.42 Å². The van der Waals surface area contributed by atoms with E-state index in [1.807, 2.05) is 24.4 Å². The number of aromatic nitrogens is 5. The molecule has 118 valence electrons. The van der Waals surface area contributed by atoms with Gasteiger partial charge in [0.25, 0.3) is 0 Å². The minimum absolute atomic E-state index is 0.0490. The van der Waals surface area contributed by atoms with Crippen LogP contribution < -0.4 is 5.32 Å². The molecule has 4 rings (SSSR count). The highest BCUT2D eigenvalue weighted by Gasteiger charge is 2.25. The summed E-state index contributed by atoms with van der Waals surface area (Å²) < 4.78 is 1.70. The maximum Gasteiger partial charge on any atom is 0.218 e. The van der Waals surface area contributed by atoms with Crippen molar-refractivity contribution in [3.05, 3.63) is 36.4 Å². The molecule has 1 aliphatic rings. The molecular formula is C16H18N6O. The Bertz CT molecular complexity index is 816. The Balaban J connectivity index is 1.71. The van der Waals surface area contributed by atoms with Gasteiger partial charge in [-0.1, -0.05) is 19.3 Å². The molecule has 3 heterocycles. The van der Waals surface area contributed by atoms with E-state index >= 15 is 0 Å². The number of rotatable bonds is 4. The third kappa shape index (κ3) is 2.69. The number of H-pyrrole nitrogens is 1. The Morgan fingerprint density at radius 3 is 2.91 bits per heavy atom. The summed E-state index contributed by atoms with van der Waals surface area (Å²) in [6.07, 6.45) is 8.81. The zero-order valence-electron chi connectivity index (χ0n) is 12.7. The van der Waals surface area contributed by atoms with Crippen molar-refractivity contribution in [3.63, 3.8) is 0 Å². The first-order valence-electron chi connectivity index (χ1n) is 7.97. The van der Waals surface area contributed by atoms with Crippen LogP contribution in [-0.4, -0.2) is 30.6 Å². The van der Waals surface area contributed by atoms with E-state index in [1.54, 1.807) is 10.7 Å². The minimum Gasteiger partial charge on any atom is -0.323 e. The molecule has 0 unspecified atom stereocenters. The van der Waals surface area contributed by atoms with Gasteiger partial charge in [0.15, 0.2) is 5.82 Å². The van der Waals surface area contributed by atoms with E-state index in [0.717, 1.165) is 37.0 Å². The second-order valence-electron chi connectivity index (χ2n) is 5.92. The van der Waals surface area contributed by atoms with Crippen LogP contribution in [0.5, 0.6) is 0 Å². The molecule has 0 atom stereocenters. The fourth-order valence-corrected chi connectivity index (χ4v) is 3.13. The van der Waals surface area contributed by atoms with Gasteiger partial charge in [-0.15, -0.1) is 5.10 Å². The average molecular weight is 310 g/mol. The maximum absolute atomic E-state index is 12.7. The van der Waals surface area contributed by atoms with Crippen LogP contribution in [0.25, 0.3) is 5.52 Å². The van der Waals surface area contributed by atoms with Gasteiger partial charge in [-0.2, -0.15) is 5.10 Å². The summed E-state index contributed by atoms with van der Waals surface area (Å²) in [6.45, 7) is 0. The van der Waals surface area contributed by atoms with Crippen LogP contribution in [0, 0.1) is 5.92 Å². The first kappa shape index (κ1) is 13.9. The summed E-state index contributed by atoms with van der Waals surface area (Å²) in [5.74, 6) is 1.71. The summed E-state index contributed by atoms with van der Waals surface area (Å²) in [4.78, 5) is 17.2. The van der Waals surface area contributed by atoms with E-state index < -0.39 is 0 Å². The van der Waals surface area contributed by atoms with Gasteiger partial charge in [0.05, 0.1) is 6.20 Å². The normalized spacial score (nSPS) is 15.8. The van der Waals surface area contributed by atoms with Crippen LogP contribution in [0.2, 0.25) is 0 Å². The number of hydrogen-bond acceptors (Lipinski definition) is 5. The monoisotopic (exact) mass is 310 g/mol. The minimum atomic E-state index is 0.0490. The quantitative estimate of drug-likeness (QED) is 0.723. The molecule has 0 radical (unpaired) electrons. The fourth-order valence-electron chi connectivity index (χ4n) is 3.13. The van der Waals surface area contributed by atoms with E-state index in [2.05, 4.69) is 25.6 Å². The van der Waals surface area contributed by atoms with Crippen molar-refractivity contribution in [2.45, 2.75) is 32.1 Å². The molecule has 23 heavy (non-hydrogen) atoms. The summed E-state index contributed by atoms with van der Waals surface area (Å²) >= 11 is 0. The number of nitrogens with one attached hydrogen (secondary N) is 2. The van der Waals surface area contributed by atoms with Crippen molar-refractivity contribution in [1.29, 1.82) is 0 Å². The van der Waals surface area contributed by atoms with E-state index in [-0.39, 0.29) is 17.5 Å². The topological polar surface area (TPSA) is 88.0 Å². The Hall–Kier alpha value is -2.70. The lowest BCUT2D eigenvalue weighted by Crippen LogP contribution is -2.21. The second kappa shape index (κ2) is 5.83. The number of fused-ring (bicyclic) bond motifs is 1. The predicted octanol–water partition coefficient (Wildman–Crippen LogP) is 2.96. The van der Waals surface area contributed by atoms with E-state index in [9.17, 15) is 4.79 Å². The molecule has 0 spiro atoms. The lowest BCUT2D eigenvalue weighted by Gasteiger charge is -2.19. The molecule has 1 saturated carbocycles. The molecule has 3 aromatic heterocycles. The number of hydrogen-bond donors (Lipinski definition) is 2. The zero-order valence-corrected chi connectivity index (χ0v) is 12.7. The molecule has 0 aromatic carbocycles. The number of nitrogens with zero attached hydrogens (tertiary/aromatic N) is 4. The van der Waals surface area contributed by atoms with Crippen LogP contribution in [0.1, 0.15) is 42.7 Å². The van der Waals surface area contributed by atoms with Crippen LogP contribution in [0.3, 0.4) is 0 Å². The van der Waals surface area contributed by atoms with Crippen molar-refractivity contribution in [3.8, 4) is 0 Å². The Kier molecular flexibility index (Phi) is 3.53. The highest BCUT2D eigenvalue weighted by Crippen LogP contribution is 2.27. The Labute approximate surface area is 133 Å². The molecule has 0 saturated heterocycles. The molecule has 2 N–H and O–H groups in total. The molecular weight excluding hydrogens is 292 g/mol. The van der Waals surface area contributed by atoms with Crippen molar-refractivity contribution < 1.29 is 4.79 Å². The number of Topliss-reactive ketones (excluding diaryl/α,β-unsaturated/α-hetero) is 1. The highest BCUT2D eigenvalue weighted by atomic mass is 16.1. The summed E-state index contributed by atoms with van der Waals surface area (Å²) in [6, 6.07) is 5.61. The van der Waals surface area contributed by atoms with E-state index in [0.29, 0.717) is 5.82 Å². The van der Waals surface area contributed by atoms with Gasteiger partial charge in [0.1, 0.15) is 11.3 Å². The molecule has 0 aliphatic heterocycles. The summed E-state index contributed by atoms with van der Waals surface area (Å²) in [5.41, 5.74) is 0.819. The van der Waals surface area contributed by atoms with Crippen LogP contribution in [0.4, 0.5) is 11.6 Å². The van der Waals surface area contributed by atoms with Gasteiger partial charge in [0.2, 0.25) is 11.6 Å². The van der Waals surface area contributed by atoms with Gasteiger partial charge in [-0.05, 0) is 25.0 Å². The Morgan fingerprint density at radius 2 is 2.13 bits per heavy atom. The van der Waals surface area contributed by atoms with Crippen molar-refractivity contribution >= 4 is 22.9 Å². The fraction of sp³-hybridized carbons (Fsp3) is 0.375. The number of aromatic amines is 1. The van der Waals surface area contributed by atoms with Gasteiger partial charge >= 0.3 is 0 Å². The molecule has 3 aromatic rings. The van der Waals surface area contributed by atoms with Crippen molar-refractivity contribution in [2.24, 2.45) is 5.92 Å². The molecule has 7 nitrogen and oxygen atoms in total. The van der Waals surface area contributed by atoms with Gasteiger partial charge in [0, 0.05) is 18.2 Å². The first-order valence-corrected chi connectivity index (χ1v) is 7.97. The van der Waals surface area contributed by atoms with E-state index in [4.69, 9.17) is 0 Å². The molecule has 1 aliphatic carbocycles. The predicted molar refractivity (Wildman–Crippen MR) is 85.8 cm³/mol. The van der Waals surface area contributed by atoms with Gasteiger partial charge in [-0.3, -0.25) is 9.89 Å². The number of carbonyl (C=O) groups excluding carboxylic acids is 1. The van der Waals surface area contributed by atoms with Crippen molar-refractivity contribution in [1.82, 2.24) is 24.8 Å². The number of ketones is 1. The summed E-state index contributed by atoms with van der Waals surface area (Å²) in [5, 5.41) is 14.3. The van der Waals surface area contributed by atoms with Crippen molar-refractivity contribution in [2.75, 3.05) is 5.32 Å².